The van der Waals surface area contributed by atoms with E-state index >= 15 is 0 Å². The van der Waals surface area contributed by atoms with Gasteiger partial charge in [-0.3, -0.25) is 0 Å². The van der Waals surface area contributed by atoms with Crippen molar-refractivity contribution in [2.45, 2.75) is 18.4 Å². The molecule has 1 aliphatic rings. The average Bonchev–Trinajstić information content (AvgIpc) is 2.83. The lowest BCUT2D eigenvalue weighted by Crippen LogP contribution is -2.00. The maximum Gasteiger partial charge on any atom is 0.140 e. The maximum atomic E-state index is 13.5. The number of nitrogens with two attached hydrogens (primary N) is 1. The molecule has 2 atom stereocenters. The summed E-state index contributed by atoms with van der Waals surface area (Å²) in [5.41, 5.74) is 5.58. The van der Waals surface area contributed by atoms with Crippen LogP contribution in [-0.2, 0) is 0 Å². The fraction of sp³-hybridized carbons (Fsp3) is 0.231. The number of halogens is 2. The molecule has 2 aromatic rings. The Kier molecular flexibility index (Phi) is 2.26. The molecular formula is C13H11F2NO. The molecule has 4 heteroatoms. The fourth-order valence-electron chi connectivity index (χ4n) is 1.96. The summed E-state index contributed by atoms with van der Waals surface area (Å²) in [5, 5.41) is 0. The van der Waals surface area contributed by atoms with E-state index in [0.717, 1.165) is 6.42 Å². The number of hydrogen-bond donors (Lipinski definition) is 1. The number of furan rings is 1. The molecule has 2 N–H and O–H groups in total. The highest BCUT2D eigenvalue weighted by Crippen LogP contribution is 2.41. The van der Waals surface area contributed by atoms with Crippen molar-refractivity contribution in [3.8, 4) is 11.3 Å². The van der Waals surface area contributed by atoms with E-state index in [1.54, 1.807) is 12.1 Å². The SMILES string of the molecule is N[C@H]1C[C@@H]1c1ccc(-c2c(F)cccc2F)o1. The van der Waals surface area contributed by atoms with Gasteiger partial charge in [0, 0.05) is 12.0 Å². The van der Waals surface area contributed by atoms with Crippen molar-refractivity contribution in [1.29, 1.82) is 0 Å². The fourth-order valence-corrected chi connectivity index (χ4v) is 1.96. The van der Waals surface area contributed by atoms with Crippen LogP contribution in [0.1, 0.15) is 18.1 Å². The third kappa shape index (κ3) is 1.74. The van der Waals surface area contributed by atoms with Crippen molar-refractivity contribution in [2.24, 2.45) is 5.73 Å². The Morgan fingerprint density at radius 3 is 2.35 bits per heavy atom. The van der Waals surface area contributed by atoms with Gasteiger partial charge in [-0.1, -0.05) is 6.07 Å². The molecule has 0 saturated heterocycles. The molecule has 1 aromatic heterocycles. The van der Waals surface area contributed by atoms with Crippen LogP contribution < -0.4 is 5.73 Å². The summed E-state index contributed by atoms with van der Waals surface area (Å²) in [7, 11) is 0. The minimum Gasteiger partial charge on any atom is -0.461 e. The Morgan fingerprint density at radius 1 is 1.12 bits per heavy atom. The summed E-state index contributed by atoms with van der Waals surface area (Å²) in [5.74, 6) is -0.125. The van der Waals surface area contributed by atoms with Crippen LogP contribution in [0.15, 0.2) is 34.7 Å². The Morgan fingerprint density at radius 2 is 1.76 bits per heavy atom. The summed E-state index contributed by atoms with van der Waals surface area (Å²) in [6.45, 7) is 0. The maximum absolute atomic E-state index is 13.5. The lowest BCUT2D eigenvalue weighted by molar-refractivity contribution is 0.508. The van der Waals surface area contributed by atoms with E-state index in [9.17, 15) is 8.78 Å². The van der Waals surface area contributed by atoms with Gasteiger partial charge in [-0.15, -0.1) is 0 Å². The Hall–Kier alpha value is -1.68. The molecule has 1 aromatic carbocycles. The first-order valence-electron chi connectivity index (χ1n) is 5.46. The lowest BCUT2D eigenvalue weighted by Gasteiger charge is -2.01. The molecule has 0 bridgehead atoms. The quantitative estimate of drug-likeness (QED) is 0.868. The van der Waals surface area contributed by atoms with Gasteiger partial charge in [-0.2, -0.15) is 0 Å². The third-order valence-electron chi connectivity index (χ3n) is 3.04. The van der Waals surface area contributed by atoms with Gasteiger partial charge in [0.2, 0.25) is 0 Å². The van der Waals surface area contributed by atoms with E-state index in [1.165, 1.54) is 18.2 Å². The second-order valence-corrected chi connectivity index (χ2v) is 4.30. The predicted octanol–water partition coefficient (Wildman–Crippen LogP) is 3.04. The average molecular weight is 235 g/mol. The van der Waals surface area contributed by atoms with Gasteiger partial charge in [-0.05, 0) is 30.7 Å². The molecule has 1 aliphatic carbocycles. The normalized spacial score (nSPS) is 22.8. The summed E-state index contributed by atoms with van der Waals surface area (Å²) >= 11 is 0. The van der Waals surface area contributed by atoms with E-state index in [4.69, 9.17) is 10.2 Å². The van der Waals surface area contributed by atoms with Gasteiger partial charge < -0.3 is 10.2 Å². The monoisotopic (exact) mass is 235 g/mol. The van der Waals surface area contributed by atoms with Crippen LogP contribution in [0.3, 0.4) is 0 Å². The number of hydrogen-bond acceptors (Lipinski definition) is 2. The lowest BCUT2D eigenvalue weighted by atomic mass is 10.1. The highest BCUT2D eigenvalue weighted by molar-refractivity contribution is 5.59. The molecule has 0 amide bonds. The standard InChI is InChI=1S/C13H11F2NO/c14-8-2-1-3-9(15)13(8)12-5-4-11(17-12)7-6-10(7)16/h1-5,7,10H,6,16H2/t7-,10-/m0/s1. The van der Waals surface area contributed by atoms with E-state index in [0.29, 0.717) is 5.76 Å². The van der Waals surface area contributed by atoms with Gasteiger partial charge in [0.25, 0.3) is 0 Å². The summed E-state index contributed by atoms with van der Waals surface area (Å²) in [6, 6.07) is 7.18. The minimum atomic E-state index is -0.619. The van der Waals surface area contributed by atoms with E-state index in [-0.39, 0.29) is 23.3 Å². The summed E-state index contributed by atoms with van der Waals surface area (Å²) in [6.07, 6.45) is 0.868. The molecule has 0 aliphatic heterocycles. The van der Waals surface area contributed by atoms with Crippen molar-refractivity contribution in [3.05, 3.63) is 47.7 Å². The van der Waals surface area contributed by atoms with Gasteiger partial charge in [0.15, 0.2) is 0 Å². The summed E-state index contributed by atoms with van der Waals surface area (Å²) in [4.78, 5) is 0. The van der Waals surface area contributed by atoms with Crippen LogP contribution in [0.25, 0.3) is 11.3 Å². The zero-order valence-corrected chi connectivity index (χ0v) is 8.99. The largest absolute Gasteiger partial charge is 0.461 e. The molecule has 0 unspecified atom stereocenters. The van der Waals surface area contributed by atoms with Crippen molar-refractivity contribution in [1.82, 2.24) is 0 Å². The number of benzene rings is 1. The Balaban J connectivity index is 2.01. The van der Waals surface area contributed by atoms with E-state index in [2.05, 4.69) is 0 Å². The van der Waals surface area contributed by atoms with Crippen LogP contribution in [0.5, 0.6) is 0 Å². The molecule has 1 heterocycles. The Labute approximate surface area is 97.0 Å². The highest BCUT2D eigenvalue weighted by atomic mass is 19.1. The first-order valence-corrected chi connectivity index (χ1v) is 5.46. The van der Waals surface area contributed by atoms with Crippen LogP contribution in [-0.4, -0.2) is 6.04 Å². The zero-order valence-electron chi connectivity index (χ0n) is 8.99. The molecule has 0 spiro atoms. The smallest absolute Gasteiger partial charge is 0.140 e. The molecule has 2 nitrogen and oxygen atoms in total. The van der Waals surface area contributed by atoms with Crippen molar-refractivity contribution < 1.29 is 13.2 Å². The van der Waals surface area contributed by atoms with E-state index < -0.39 is 11.6 Å². The first kappa shape index (κ1) is 10.5. The molecular weight excluding hydrogens is 224 g/mol. The van der Waals surface area contributed by atoms with Gasteiger partial charge in [-0.25, -0.2) is 8.78 Å². The van der Waals surface area contributed by atoms with Gasteiger partial charge >= 0.3 is 0 Å². The molecule has 0 radical (unpaired) electrons. The molecule has 17 heavy (non-hydrogen) atoms. The highest BCUT2D eigenvalue weighted by Gasteiger charge is 2.37. The van der Waals surface area contributed by atoms with E-state index in [1.807, 2.05) is 0 Å². The second kappa shape index (κ2) is 3.67. The van der Waals surface area contributed by atoms with Crippen LogP contribution >= 0.6 is 0 Å². The van der Waals surface area contributed by atoms with Gasteiger partial charge in [0.1, 0.15) is 23.2 Å². The zero-order chi connectivity index (χ0) is 12.0. The first-order chi connectivity index (χ1) is 8.16. The predicted molar refractivity (Wildman–Crippen MR) is 59.4 cm³/mol. The van der Waals surface area contributed by atoms with Crippen molar-refractivity contribution >= 4 is 0 Å². The topological polar surface area (TPSA) is 39.2 Å². The molecule has 88 valence electrons. The molecule has 1 saturated carbocycles. The minimum absolute atomic E-state index is 0.111. The summed E-state index contributed by atoms with van der Waals surface area (Å²) < 4.78 is 32.5. The van der Waals surface area contributed by atoms with Crippen LogP contribution in [0.4, 0.5) is 8.78 Å². The van der Waals surface area contributed by atoms with Gasteiger partial charge in [0.05, 0.1) is 5.56 Å². The van der Waals surface area contributed by atoms with Crippen molar-refractivity contribution in [2.75, 3.05) is 0 Å². The Bertz CT molecular complexity index is 544. The second-order valence-electron chi connectivity index (χ2n) is 4.30. The van der Waals surface area contributed by atoms with Crippen LogP contribution in [0.2, 0.25) is 0 Å². The van der Waals surface area contributed by atoms with Crippen LogP contribution in [0, 0.1) is 11.6 Å². The number of rotatable bonds is 2. The van der Waals surface area contributed by atoms with Crippen molar-refractivity contribution in [3.63, 3.8) is 0 Å². The molecule has 3 rings (SSSR count). The third-order valence-corrected chi connectivity index (χ3v) is 3.04. The molecule has 1 fully saturated rings.